The van der Waals surface area contributed by atoms with Gasteiger partial charge in [0, 0.05) is 30.8 Å². The lowest BCUT2D eigenvalue weighted by atomic mass is 9.97. The number of methoxy groups -OCH3 is 1. The van der Waals surface area contributed by atoms with Crippen LogP contribution in [0.25, 0.3) is 16.9 Å². The van der Waals surface area contributed by atoms with Crippen LogP contribution in [-0.2, 0) is 6.54 Å². The molecule has 29 heavy (non-hydrogen) atoms. The minimum atomic E-state index is -0.414. The molecule has 2 aromatic carbocycles. The van der Waals surface area contributed by atoms with Gasteiger partial charge in [-0.2, -0.15) is 0 Å². The van der Waals surface area contributed by atoms with Crippen LogP contribution >= 0.6 is 0 Å². The molecule has 0 aliphatic carbocycles. The molecule has 0 spiro atoms. The first kappa shape index (κ1) is 19.4. The number of halogens is 1. The molecule has 4 rings (SSSR count). The summed E-state index contributed by atoms with van der Waals surface area (Å²) in [6.45, 7) is 4.90. The summed E-state index contributed by atoms with van der Waals surface area (Å²) < 4.78 is 25.1. The second-order valence-corrected chi connectivity index (χ2v) is 7.26. The molecule has 0 saturated carbocycles. The summed E-state index contributed by atoms with van der Waals surface area (Å²) in [7, 11) is 1.45. The first-order valence-corrected chi connectivity index (χ1v) is 9.95. The monoisotopic (exact) mass is 392 g/mol. The minimum absolute atomic E-state index is 0.216. The number of nitrogens with zero attached hydrogens (tertiary/aromatic N) is 2. The van der Waals surface area contributed by atoms with Crippen molar-refractivity contribution in [2.75, 3.05) is 20.2 Å². The summed E-state index contributed by atoms with van der Waals surface area (Å²) in [4.78, 5) is 6.94. The average Bonchev–Trinajstić information content (AvgIpc) is 3.24. The van der Waals surface area contributed by atoms with Crippen LogP contribution in [0.1, 0.15) is 31.2 Å². The lowest BCUT2D eigenvalue weighted by Gasteiger charge is -2.29. The van der Waals surface area contributed by atoms with Crippen molar-refractivity contribution in [3.63, 3.8) is 0 Å². The second kappa shape index (κ2) is 8.62. The Morgan fingerprint density at radius 3 is 2.72 bits per heavy atom. The van der Waals surface area contributed by atoms with Gasteiger partial charge in [0.25, 0.3) is 0 Å². The topological polar surface area (TPSA) is 38.5 Å². The maximum Gasteiger partial charge on any atom is 0.223 e. The van der Waals surface area contributed by atoms with Crippen LogP contribution in [0.5, 0.6) is 5.75 Å². The fourth-order valence-electron chi connectivity index (χ4n) is 3.81. The van der Waals surface area contributed by atoms with Crippen molar-refractivity contribution in [2.45, 2.75) is 26.3 Å². The maximum atomic E-state index is 14.1. The van der Waals surface area contributed by atoms with Gasteiger partial charge in [-0.25, -0.2) is 9.37 Å². The van der Waals surface area contributed by atoms with Gasteiger partial charge in [0.1, 0.15) is 0 Å². The summed E-state index contributed by atoms with van der Waals surface area (Å²) >= 11 is 0. The van der Waals surface area contributed by atoms with Crippen molar-refractivity contribution in [3.05, 3.63) is 77.6 Å². The highest BCUT2D eigenvalue weighted by Crippen LogP contribution is 2.32. The van der Waals surface area contributed by atoms with E-state index in [0.29, 0.717) is 17.2 Å². The fourth-order valence-corrected chi connectivity index (χ4v) is 3.81. The molecule has 0 saturated heterocycles. The molecule has 2 heterocycles. The lowest BCUT2D eigenvalue weighted by molar-refractivity contribution is 0.288. The van der Waals surface area contributed by atoms with E-state index in [2.05, 4.69) is 41.1 Å². The first-order chi connectivity index (χ1) is 14.2. The Balaban J connectivity index is 1.57. The summed E-state index contributed by atoms with van der Waals surface area (Å²) in [6.07, 6.45) is 3.66. The third-order valence-corrected chi connectivity index (χ3v) is 5.41. The Kier molecular flexibility index (Phi) is 5.76. The molecule has 0 unspecified atom stereocenters. The molecule has 0 fully saturated rings. The highest BCUT2D eigenvalue weighted by atomic mass is 19.1. The molecule has 1 aliphatic heterocycles. The molecule has 4 nitrogen and oxygen atoms in total. The zero-order chi connectivity index (χ0) is 20.2. The average molecular weight is 392 g/mol. The summed E-state index contributed by atoms with van der Waals surface area (Å²) in [5, 5.41) is 0. The van der Waals surface area contributed by atoms with Crippen LogP contribution in [0.15, 0.2) is 64.7 Å². The largest absolute Gasteiger partial charge is 0.494 e. The van der Waals surface area contributed by atoms with Gasteiger partial charge < -0.3 is 9.15 Å². The Morgan fingerprint density at radius 1 is 1.17 bits per heavy atom. The number of hydrogen-bond donors (Lipinski definition) is 0. The molecule has 0 radical (unpaired) electrons. The van der Waals surface area contributed by atoms with Crippen molar-refractivity contribution < 1.29 is 13.5 Å². The molecule has 150 valence electrons. The highest BCUT2D eigenvalue weighted by molar-refractivity contribution is 5.67. The van der Waals surface area contributed by atoms with Crippen molar-refractivity contribution in [1.29, 1.82) is 0 Å². The molecule has 1 aromatic heterocycles. The van der Waals surface area contributed by atoms with Gasteiger partial charge in [0.15, 0.2) is 17.3 Å². The molecule has 0 bridgehead atoms. The zero-order valence-corrected chi connectivity index (χ0v) is 16.8. The number of rotatable bonds is 6. The molecule has 0 atom stereocenters. The first-order valence-electron chi connectivity index (χ1n) is 9.95. The van der Waals surface area contributed by atoms with E-state index in [4.69, 9.17) is 9.15 Å². The van der Waals surface area contributed by atoms with E-state index >= 15 is 0 Å². The third kappa shape index (κ3) is 4.25. The van der Waals surface area contributed by atoms with E-state index in [1.165, 1.54) is 24.3 Å². The van der Waals surface area contributed by atoms with Crippen LogP contribution in [0.4, 0.5) is 4.39 Å². The van der Waals surface area contributed by atoms with Gasteiger partial charge in [0.05, 0.1) is 13.3 Å². The van der Waals surface area contributed by atoms with Gasteiger partial charge in [0.2, 0.25) is 5.89 Å². The second-order valence-electron chi connectivity index (χ2n) is 7.26. The van der Waals surface area contributed by atoms with Crippen LogP contribution in [0.2, 0.25) is 0 Å². The Morgan fingerprint density at radius 2 is 2.00 bits per heavy atom. The standard InChI is InChI=1S/C24H25FN2O2/c1-3-18-11-12-27(15-17-7-5-4-6-8-17)16-20(18)24-26-14-23(29-24)19-9-10-22(28-2)21(25)13-19/h4-10,13-14H,3,11-12,15-16H2,1-2H3. The fraction of sp³-hybridized carbons (Fsp3) is 0.292. The maximum absolute atomic E-state index is 14.1. The number of benzene rings is 2. The van der Waals surface area contributed by atoms with Crippen molar-refractivity contribution >= 4 is 5.57 Å². The lowest BCUT2D eigenvalue weighted by Crippen LogP contribution is -2.30. The van der Waals surface area contributed by atoms with Gasteiger partial charge in [-0.05, 0) is 36.6 Å². The molecular weight excluding hydrogens is 367 g/mol. The zero-order valence-electron chi connectivity index (χ0n) is 16.8. The third-order valence-electron chi connectivity index (χ3n) is 5.41. The van der Waals surface area contributed by atoms with E-state index in [9.17, 15) is 4.39 Å². The summed E-state index contributed by atoms with van der Waals surface area (Å²) in [5.41, 5.74) is 4.48. The van der Waals surface area contributed by atoms with Gasteiger partial charge in [-0.15, -0.1) is 0 Å². The van der Waals surface area contributed by atoms with Gasteiger partial charge >= 0.3 is 0 Å². The SMILES string of the molecule is CCC1=C(c2ncc(-c3ccc(OC)c(F)c3)o2)CN(Cc2ccccc2)CC1. The Labute approximate surface area is 170 Å². The van der Waals surface area contributed by atoms with Crippen molar-refractivity contribution in [2.24, 2.45) is 0 Å². The predicted octanol–water partition coefficient (Wildman–Crippen LogP) is 5.56. The molecule has 5 heteroatoms. The van der Waals surface area contributed by atoms with Crippen LogP contribution in [-0.4, -0.2) is 30.1 Å². The van der Waals surface area contributed by atoms with Crippen LogP contribution < -0.4 is 4.74 Å². The smallest absolute Gasteiger partial charge is 0.223 e. The van der Waals surface area contributed by atoms with Gasteiger partial charge in [-0.1, -0.05) is 42.8 Å². The van der Waals surface area contributed by atoms with E-state index in [1.807, 2.05) is 6.07 Å². The summed E-state index contributed by atoms with van der Waals surface area (Å²) in [5.74, 6) is 0.993. The van der Waals surface area contributed by atoms with E-state index in [1.54, 1.807) is 18.3 Å². The van der Waals surface area contributed by atoms with E-state index in [0.717, 1.165) is 38.0 Å². The highest BCUT2D eigenvalue weighted by Gasteiger charge is 2.23. The minimum Gasteiger partial charge on any atom is -0.494 e. The number of hydrogen-bond acceptors (Lipinski definition) is 4. The van der Waals surface area contributed by atoms with E-state index < -0.39 is 5.82 Å². The Bertz CT molecular complexity index is 1010. The summed E-state index contributed by atoms with van der Waals surface area (Å²) in [6, 6.07) is 15.3. The predicted molar refractivity (Wildman–Crippen MR) is 112 cm³/mol. The number of aromatic nitrogens is 1. The molecular formula is C24H25FN2O2. The number of ether oxygens (including phenoxy) is 1. The molecule has 1 aliphatic rings. The normalized spacial score (nSPS) is 15.0. The van der Waals surface area contributed by atoms with Crippen LogP contribution in [0.3, 0.4) is 0 Å². The molecule has 3 aromatic rings. The van der Waals surface area contributed by atoms with Gasteiger partial charge in [-0.3, -0.25) is 4.90 Å². The molecule has 0 amide bonds. The van der Waals surface area contributed by atoms with Crippen molar-refractivity contribution in [3.8, 4) is 17.1 Å². The molecule has 0 N–H and O–H groups in total. The Hall–Kier alpha value is -2.92. The van der Waals surface area contributed by atoms with E-state index in [-0.39, 0.29) is 5.75 Å². The van der Waals surface area contributed by atoms with Crippen LogP contribution in [0, 0.1) is 5.82 Å². The van der Waals surface area contributed by atoms with Crippen molar-refractivity contribution in [1.82, 2.24) is 9.88 Å². The quantitative estimate of drug-likeness (QED) is 0.551. The number of oxazole rings is 1.